The zero-order valence-electron chi connectivity index (χ0n) is 25.8. The van der Waals surface area contributed by atoms with Crippen LogP contribution in [0.4, 0.5) is 18.9 Å². The summed E-state index contributed by atoms with van der Waals surface area (Å²) in [6, 6.07) is 15.8. The molecule has 3 aromatic rings. The van der Waals surface area contributed by atoms with E-state index in [0.717, 1.165) is 68.1 Å². The Labute approximate surface area is 257 Å². The average molecular weight is 610 g/mol. The van der Waals surface area contributed by atoms with Gasteiger partial charge in [-0.2, -0.15) is 13.2 Å². The zero-order valence-corrected chi connectivity index (χ0v) is 25.8. The summed E-state index contributed by atoms with van der Waals surface area (Å²) in [5, 5.41) is 3.65. The number of nitrogens with one attached hydrogen (secondary N) is 1. The lowest BCUT2D eigenvalue weighted by atomic mass is 9.62. The van der Waals surface area contributed by atoms with Crippen LogP contribution >= 0.6 is 0 Å². The quantitative estimate of drug-likeness (QED) is 0.321. The third-order valence-corrected chi connectivity index (χ3v) is 9.70. The molecule has 0 amide bonds. The molecule has 3 unspecified atom stereocenters. The molecule has 3 atom stereocenters. The van der Waals surface area contributed by atoms with Gasteiger partial charge in [0.05, 0.1) is 30.8 Å². The number of benzene rings is 1. The highest BCUT2D eigenvalue weighted by molar-refractivity contribution is 5.68. The van der Waals surface area contributed by atoms with Gasteiger partial charge in [-0.3, -0.25) is 9.88 Å². The first kappa shape index (κ1) is 30.6. The van der Waals surface area contributed by atoms with E-state index >= 15 is 0 Å². The molecule has 44 heavy (non-hydrogen) atoms. The van der Waals surface area contributed by atoms with Gasteiger partial charge in [-0.1, -0.05) is 31.5 Å². The van der Waals surface area contributed by atoms with E-state index in [2.05, 4.69) is 34.3 Å². The number of aromatic nitrogens is 2. The Kier molecular flexibility index (Phi) is 8.75. The Morgan fingerprint density at radius 2 is 1.91 bits per heavy atom. The Bertz CT molecular complexity index is 1460. The smallest absolute Gasteiger partial charge is 0.435 e. The van der Waals surface area contributed by atoms with Crippen LogP contribution in [-0.2, 0) is 18.1 Å². The van der Waals surface area contributed by atoms with E-state index in [-0.39, 0.29) is 22.9 Å². The zero-order chi connectivity index (χ0) is 30.9. The van der Waals surface area contributed by atoms with E-state index in [9.17, 15) is 13.2 Å². The van der Waals surface area contributed by atoms with Crippen molar-refractivity contribution in [3.8, 4) is 22.9 Å². The summed E-state index contributed by atoms with van der Waals surface area (Å²) < 4.78 is 53.5. The van der Waals surface area contributed by atoms with Gasteiger partial charge >= 0.3 is 6.18 Å². The minimum atomic E-state index is -4.58. The highest BCUT2D eigenvalue weighted by atomic mass is 19.4. The van der Waals surface area contributed by atoms with E-state index in [1.54, 1.807) is 0 Å². The molecule has 1 spiro atoms. The number of methoxy groups -OCH3 is 1. The number of halogens is 3. The van der Waals surface area contributed by atoms with Crippen molar-refractivity contribution in [3.63, 3.8) is 0 Å². The third kappa shape index (κ3) is 5.86. The number of hydrogen-bond donors (Lipinski definition) is 1. The van der Waals surface area contributed by atoms with Gasteiger partial charge < -0.3 is 19.7 Å². The lowest BCUT2D eigenvalue weighted by Gasteiger charge is -2.53. The maximum Gasteiger partial charge on any atom is 0.435 e. The van der Waals surface area contributed by atoms with Gasteiger partial charge in [0.1, 0.15) is 5.75 Å². The molecule has 1 N–H and O–H groups in total. The van der Waals surface area contributed by atoms with Crippen molar-refractivity contribution >= 4 is 5.69 Å². The largest absolute Gasteiger partial charge is 0.493 e. The summed E-state index contributed by atoms with van der Waals surface area (Å²) in [5.74, 6) is 0.904. The van der Waals surface area contributed by atoms with Gasteiger partial charge in [-0.15, -0.1) is 0 Å². The molecule has 2 fully saturated rings. The summed E-state index contributed by atoms with van der Waals surface area (Å²) in [7, 11) is 1.34. The van der Waals surface area contributed by atoms with Crippen LogP contribution in [-0.4, -0.2) is 67.4 Å². The second-order valence-electron chi connectivity index (χ2n) is 12.3. The maximum atomic E-state index is 14.2. The molecule has 2 saturated heterocycles. The maximum absolute atomic E-state index is 14.2. The molecule has 3 aliphatic heterocycles. The fourth-order valence-corrected chi connectivity index (χ4v) is 7.67. The Hall–Kier alpha value is -3.37. The predicted octanol–water partition coefficient (Wildman–Crippen LogP) is 6.31. The molecule has 236 valence electrons. The highest BCUT2D eigenvalue weighted by Crippen LogP contribution is 2.48. The first-order valence-corrected chi connectivity index (χ1v) is 15.8. The minimum Gasteiger partial charge on any atom is -0.493 e. The Balaban J connectivity index is 1.38. The van der Waals surface area contributed by atoms with Gasteiger partial charge in [0.25, 0.3) is 0 Å². The fraction of sp³-hybridized carbons (Fsp3) is 0.529. The van der Waals surface area contributed by atoms with E-state index in [1.165, 1.54) is 31.2 Å². The van der Waals surface area contributed by atoms with Gasteiger partial charge in [-0.25, -0.2) is 4.98 Å². The molecule has 7 nitrogen and oxygen atoms in total. The number of alkyl halides is 3. The minimum absolute atomic E-state index is 0.0354. The molecule has 5 heterocycles. The van der Waals surface area contributed by atoms with Crippen molar-refractivity contribution in [2.75, 3.05) is 51.3 Å². The summed E-state index contributed by atoms with van der Waals surface area (Å²) >= 11 is 0. The SMILES string of the molecule is CCOc1ccccc1-c1ccc2c(n1)CN(CC1CCCN1)CC21CCN(c2ccc(OC)nc2C(F)(F)F)CC1CC. The molecule has 6 rings (SSSR count). The van der Waals surface area contributed by atoms with Gasteiger partial charge in [0, 0.05) is 55.8 Å². The summed E-state index contributed by atoms with van der Waals surface area (Å²) in [6.45, 7) is 9.31. The normalized spacial score (nSPS) is 24.0. The van der Waals surface area contributed by atoms with Crippen LogP contribution in [0.25, 0.3) is 11.3 Å². The topological polar surface area (TPSA) is 62.8 Å². The number of fused-ring (bicyclic) bond motifs is 2. The van der Waals surface area contributed by atoms with Crippen LogP contribution < -0.4 is 19.7 Å². The van der Waals surface area contributed by atoms with Crippen LogP contribution in [0.5, 0.6) is 11.6 Å². The van der Waals surface area contributed by atoms with E-state index < -0.39 is 11.9 Å². The van der Waals surface area contributed by atoms with Crippen molar-refractivity contribution in [2.24, 2.45) is 5.92 Å². The fourth-order valence-electron chi connectivity index (χ4n) is 7.67. The molecule has 0 bridgehead atoms. The number of nitrogens with zero attached hydrogens (tertiary/aromatic N) is 4. The molecule has 0 saturated carbocycles. The summed E-state index contributed by atoms with van der Waals surface area (Å²) in [6.07, 6.45) is -0.679. The number of pyridine rings is 2. The van der Waals surface area contributed by atoms with Crippen LogP contribution in [0.1, 0.15) is 56.5 Å². The van der Waals surface area contributed by atoms with Crippen LogP contribution in [0.3, 0.4) is 0 Å². The van der Waals surface area contributed by atoms with Gasteiger partial charge in [-0.05, 0) is 68.5 Å². The number of para-hydroxylation sites is 1. The van der Waals surface area contributed by atoms with Gasteiger partial charge in [0.2, 0.25) is 5.88 Å². The number of ether oxygens (including phenoxy) is 2. The molecule has 2 aromatic heterocycles. The number of hydrogen-bond acceptors (Lipinski definition) is 7. The number of piperidine rings is 1. The molecule has 10 heteroatoms. The summed E-state index contributed by atoms with van der Waals surface area (Å²) in [4.78, 5) is 13.5. The molecule has 3 aliphatic rings. The average Bonchev–Trinajstić information content (AvgIpc) is 3.54. The van der Waals surface area contributed by atoms with Crippen LogP contribution in [0, 0.1) is 5.92 Å². The Morgan fingerprint density at radius 3 is 2.64 bits per heavy atom. The highest BCUT2D eigenvalue weighted by Gasteiger charge is 2.49. The second-order valence-corrected chi connectivity index (χ2v) is 12.3. The lowest BCUT2D eigenvalue weighted by Crippen LogP contribution is -2.58. The van der Waals surface area contributed by atoms with Crippen molar-refractivity contribution in [1.29, 1.82) is 0 Å². The molecule has 0 aliphatic carbocycles. The second kappa shape index (κ2) is 12.6. The van der Waals surface area contributed by atoms with Crippen molar-refractivity contribution in [2.45, 2.75) is 63.7 Å². The van der Waals surface area contributed by atoms with Gasteiger partial charge in [0.15, 0.2) is 5.69 Å². The molecule has 0 radical (unpaired) electrons. The lowest BCUT2D eigenvalue weighted by molar-refractivity contribution is -0.140. The number of rotatable bonds is 8. The monoisotopic (exact) mass is 609 g/mol. The van der Waals surface area contributed by atoms with E-state index in [0.29, 0.717) is 25.7 Å². The standard InChI is InChI=1S/C34H42F3N5O2/c1-4-23-19-42(29-14-15-31(43-3)40-32(29)34(35,36)37)18-16-33(23)22-41(20-24-9-8-17-38-24)21-28-26(33)12-13-27(39-28)25-10-6-7-11-30(25)44-5-2/h6-7,10-15,23-24,38H,4-5,8-9,16-22H2,1-3H3. The third-order valence-electron chi connectivity index (χ3n) is 9.70. The van der Waals surface area contributed by atoms with E-state index in [1.807, 2.05) is 36.1 Å². The first-order valence-electron chi connectivity index (χ1n) is 15.8. The molecular weight excluding hydrogens is 567 g/mol. The number of anilines is 1. The van der Waals surface area contributed by atoms with Crippen molar-refractivity contribution in [1.82, 2.24) is 20.2 Å². The van der Waals surface area contributed by atoms with Crippen LogP contribution in [0.15, 0.2) is 48.5 Å². The molecular formula is C34H42F3N5O2. The van der Waals surface area contributed by atoms with Crippen molar-refractivity contribution in [3.05, 3.63) is 65.5 Å². The van der Waals surface area contributed by atoms with E-state index in [4.69, 9.17) is 14.5 Å². The Morgan fingerprint density at radius 1 is 1.07 bits per heavy atom. The predicted molar refractivity (Wildman–Crippen MR) is 165 cm³/mol. The molecule has 1 aromatic carbocycles. The van der Waals surface area contributed by atoms with Crippen LogP contribution in [0.2, 0.25) is 0 Å². The first-order chi connectivity index (χ1) is 21.3. The van der Waals surface area contributed by atoms with Crippen molar-refractivity contribution < 1.29 is 22.6 Å². The summed E-state index contributed by atoms with van der Waals surface area (Å²) in [5.41, 5.74) is 3.16.